The van der Waals surface area contributed by atoms with Gasteiger partial charge < -0.3 is 5.32 Å². The number of aromatic nitrogens is 2. The van der Waals surface area contributed by atoms with Gasteiger partial charge in [0.2, 0.25) is 0 Å². The molecule has 0 amide bonds. The molecule has 1 heterocycles. The number of anilines is 2. The van der Waals surface area contributed by atoms with Gasteiger partial charge in [-0.1, -0.05) is 11.6 Å². The molecule has 1 aromatic heterocycles. The van der Waals surface area contributed by atoms with Gasteiger partial charge in [0, 0.05) is 17.1 Å². The fourth-order valence-electron chi connectivity index (χ4n) is 2.52. The third-order valence-corrected chi connectivity index (χ3v) is 4.57. The molecule has 0 atom stereocenters. The molecule has 3 nitrogen and oxygen atoms in total. The molecule has 3 aromatic rings. The number of nitrogens with one attached hydrogen (secondary N) is 1. The summed E-state index contributed by atoms with van der Waals surface area (Å²) in [6, 6.07) is 8.58. The first-order valence-corrected chi connectivity index (χ1v) is 8.25. The zero-order valence-corrected chi connectivity index (χ0v) is 15.2. The SMILES string of the molecule is Cc1nn(C)c(-c2ccc(F)cc2Cl)c1Nc1ccc(F)cc1Br. The van der Waals surface area contributed by atoms with Gasteiger partial charge in [-0.3, -0.25) is 4.68 Å². The molecule has 2 aromatic carbocycles. The van der Waals surface area contributed by atoms with E-state index in [-0.39, 0.29) is 5.82 Å². The van der Waals surface area contributed by atoms with Crippen LogP contribution in [0.15, 0.2) is 40.9 Å². The molecule has 124 valence electrons. The summed E-state index contributed by atoms with van der Waals surface area (Å²) >= 11 is 9.54. The highest BCUT2D eigenvalue weighted by atomic mass is 79.9. The normalized spacial score (nSPS) is 10.9. The van der Waals surface area contributed by atoms with Crippen molar-refractivity contribution < 1.29 is 8.78 Å². The topological polar surface area (TPSA) is 29.9 Å². The molecule has 0 saturated carbocycles. The van der Waals surface area contributed by atoms with Crippen LogP contribution in [0.4, 0.5) is 20.2 Å². The van der Waals surface area contributed by atoms with Crippen molar-refractivity contribution in [2.24, 2.45) is 7.05 Å². The van der Waals surface area contributed by atoms with Gasteiger partial charge in [0.05, 0.1) is 27.8 Å². The average molecular weight is 413 g/mol. The highest BCUT2D eigenvalue weighted by Gasteiger charge is 2.19. The lowest BCUT2D eigenvalue weighted by atomic mass is 10.1. The molecule has 0 unspecified atom stereocenters. The molecule has 0 aliphatic rings. The number of hydrogen-bond donors (Lipinski definition) is 1. The molecule has 24 heavy (non-hydrogen) atoms. The summed E-state index contributed by atoms with van der Waals surface area (Å²) in [4.78, 5) is 0. The largest absolute Gasteiger partial charge is 0.351 e. The summed E-state index contributed by atoms with van der Waals surface area (Å²) in [5, 5.41) is 7.95. The Bertz CT molecular complexity index is 924. The standard InChI is InChI=1S/C17H13BrClF2N3/c1-9-16(22-15-6-4-10(20)7-13(15)18)17(24(2)23-9)12-5-3-11(21)8-14(12)19/h3-8,22H,1-2H3. The molecule has 0 radical (unpaired) electrons. The molecular weight excluding hydrogens is 400 g/mol. The van der Waals surface area contributed by atoms with Crippen molar-refractivity contribution in [2.45, 2.75) is 6.92 Å². The van der Waals surface area contributed by atoms with Gasteiger partial charge in [-0.15, -0.1) is 0 Å². The van der Waals surface area contributed by atoms with Crippen molar-refractivity contribution >= 4 is 38.9 Å². The van der Waals surface area contributed by atoms with Crippen LogP contribution in [-0.4, -0.2) is 9.78 Å². The quantitative estimate of drug-likeness (QED) is 0.586. The number of halogens is 4. The minimum Gasteiger partial charge on any atom is -0.351 e. The minimum atomic E-state index is -0.404. The molecule has 0 aliphatic heterocycles. The zero-order valence-electron chi connectivity index (χ0n) is 12.9. The van der Waals surface area contributed by atoms with E-state index < -0.39 is 5.82 Å². The van der Waals surface area contributed by atoms with Gasteiger partial charge in [-0.25, -0.2) is 8.78 Å². The van der Waals surface area contributed by atoms with E-state index in [0.717, 1.165) is 11.4 Å². The van der Waals surface area contributed by atoms with Crippen LogP contribution in [0.3, 0.4) is 0 Å². The third kappa shape index (κ3) is 3.16. The van der Waals surface area contributed by atoms with Gasteiger partial charge in [0.15, 0.2) is 0 Å². The first-order chi connectivity index (χ1) is 11.4. The first-order valence-electron chi connectivity index (χ1n) is 7.08. The van der Waals surface area contributed by atoms with Crippen molar-refractivity contribution in [3.8, 4) is 11.3 Å². The highest BCUT2D eigenvalue weighted by Crippen LogP contribution is 2.38. The van der Waals surface area contributed by atoms with Crippen molar-refractivity contribution in [3.63, 3.8) is 0 Å². The van der Waals surface area contributed by atoms with Crippen molar-refractivity contribution in [1.29, 1.82) is 0 Å². The number of aryl methyl sites for hydroxylation is 2. The molecule has 0 saturated heterocycles. The van der Waals surface area contributed by atoms with Crippen LogP contribution in [0.1, 0.15) is 5.69 Å². The van der Waals surface area contributed by atoms with E-state index in [0.29, 0.717) is 26.4 Å². The molecule has 0 bridgehead atoms. The molecule has 7 heteroatoms. The lowest BCUT2D eigenvalue weighted by Gasteiger charge is -2.12. The second-order valence-electron chi connectivity index (χ2n) is 5.31. The summed E-state index contributed by atoms with van der Waals surface area (Å²) in [5.41, 5.74) is 3.52. The van der Waals surface area contributed by atoms with Crippen LogP contribution in [0.2, 0.25) is 5.02 Å². The highest BCUT2D eigenvalue weighted by molar-refractivity contribution is 9.10. The van der Waals surface area contributed by atoms with Crippen LogP contribution in [0.5, 0.6) is 0 Å². The minimum absolute atomic E-state index is 0.291. The van der Waals surface area contributed by atoms with Crippen molar-refractivity contribution in [3.05, 3.63) is 63.2 Å². The van der Waals surface area contributed by atoms with Gasteiger partial charge in [0.1, 0.15) is 11.6 Å². The van der Waals surface area contributed by atoms with Crippen molar-refractivity contribution in [1.82, 2.24) is 9.78 Å². The monoisotopic (exact) mass is 411 g/mol. The summed E-state index contributed by atoms with van der Waals surface area (Å²) in [6.07, 6.45) is 0. The second kappa shape index (κ2) is 6.53. The molecule has 0 spiro atoms. The number of rotatable bonds is 3. The van der Waals surface area contributed by atoms with E-state index in [1.165, 1.54) is 24.3 Å². The average Bonchev–Trinajstić information content (AvgIpc) is 2.76. The molecule has 1 N–H and O–H groups in total. The van der Waals surface area contributed by atoms with Crippen LogP contribution in [0.25, 0.3) is 11.3 Å². The van der Waals surface area contributed by atoms with Crippen LogP contribution in [0, 0.1) is 18.6 Å². The second-order valence-corrected chi connectivity index (χ2v) is 6.57. The Hall–Kier alpha value is -1.92. The Morgan fingerprint density at radius 1 is 1.12 bits per heavy atom. The molecule has 0 aliphatic carbocycles. The van der Waals surface area contributed by atoms with Crippen LogP contribution >= 0.6 is 27.5 Å². The van der Waals surface area contributed by atoms with Gasteiger partial charge in [0.25, 0.3) is 0 Å². The summed E-state index contributed by atoms with van der Waals surface area (Å²) in [7, 11) is 1.78. The Kier molecular flexibility index (Phi) is 4.60. The maximum absolute atomic E-state index is 13.3. The first kappa shape index (κ1) is 16.9. The smallest absolute Gasteiger partial charge is 0.124 e. The maximum Gasteiger partial charge on any atom is 0.124 e. The van der Waals surface area contributed by atoms with E-state index in [2.05, 4.69) is 26.3 Å². The summed E-state index contributed by atoms with van der Waals surface area (Å²) in [6.45, 7) is 1.85. The summed E-state index contributed by atoms with van der Waals surface area (Å²) < 4.78 is 28.9. The summed E-state index contributed by atoms with van der Waals surface area (Å²) in [5.74, 6) is -0.740. The van der Waals surface area contributed by atoms with Crippen LogP contribution < -0.4 is 5.32 Å². The maximum atomic E-state index is 13.3. The lowest BCUT2D eigenvalue weighted by Crippen LogP contribution is -1.98. The Morgan fingerprint density at radius 3 is 2.46 bits per heavy atom. The zero-order chi connectivity index (χ0) is 17.4. The van der Waals surface area contributed by atoms with E-state index >= 15 is 0 Å². The molecule has 0 fully saturated rings. The Balaban J connectivity index is 2.12. The predicted molar refractivity (Wildman–Crippen MR) is 95.7 cm³/mol. The fourth-order valence-corrected chi connectivity index (χ4v) is 3.23. The van der Waals surface area contributed by atoms with E-state index in [1.807, 2.05) is 6.92 Å². The van der Waals surface area contributed by atoms with Gasteiger partial charge in [-0.2, -0.15) is 5.10 Å². The van der Waals surface area contributed by atoms with E-state index in [4.69, 9.17) is 11.6 Å². The van der Waals surface area contributed by atoms with Gasteiger partial charge in [-0.05, 0) is 59.3 Å². The van der Waals surface area contributed by atoms with Crippen LogP contribution in [-0.2, 0) is 7.05 Å². The van der Waals surface area contributed by atoms with Gasteiger partial charge >= 0.3 is 0 Å². The Labute approximate surface area is 151 Å². The fraction of sp³-hybridized carbons (Fsp3) is 0.118. The number of benzene rings is 2. The number of nitrogens with zero attached hydrogens (tertiary/aromatic N) is 2. The van der Waals surface area contributed by atoms with E-state index in [9.17, 15) is 8.78 Å². The lowest BCUT2D eigenvalue weighted by molar-refractivity contribution is 0.627. The van der Waals surface area contributed by atoms with E-state index in [1.54, 1.807) is 23.9 Å². The molecular formula is C17H13BrClF2N3. The Morgan fingerprint density at radius 2 is 1.79 bits per heavy atom. The van der Waals surface area contributed by atoms with Crippen molar-refractivity contribution in [2.75, 3.05) is 5.32 Å². The number of hydrogen-bond acceptors (Lipinski definition) is 2. The molecule has 3 rings (SSSR count). The third-order valence-electron chi connectivity index (χ3n) is 3.60. The predicted octanol–water partition coefficient (Wildman–Crippen LogP) is 5.83.